The molecule has 0 radical (unpaired) electrons. The number of fused-ring (bicyclic) bond motifs is 9. The summed E-state index contributed by atoms with van der Waals surface area (Å²) in [4.78, 5) is 16.0. The molecular weight excluding hydrogens is 859 g/mol. The molecule has 14 rings (SSSR count). The molecule has 0 saturated carbocycles. The molecular formula is C63H39N5S. The number of thiophene rings is 1. The Morgan fingerprint density at radius 1 is 0.290 bits per heavy atom. The van der Waals surface area contributed by atoms with E-state index in [1.165, 1.54) is 52.8 Å². The Hall–Kier alpha value is -8.97. The van der Waals surface area contributed by atoms with Gasteiger partial charge in [0.15, 0.2) is 17.5 Å². The highest BCUT2D eigenvalue weighted by atomic mass is 32.1. The normalized spacial score (nSPS) is 11.8. The Morgan fingerprint density at radius 3 is 1.43 bits per heavy atom. The van der Waals surface area contributed by atoms with Crippen LogP contribution in [0.25, 0.3) is 132 Å². The lowest BCUT2D eigenvalue weighted by molar-refractivity contribution is 1.07. The summed E-state index contributed by atoms with van der Waals surface area (Å²) < 4.78 is 7.29. The number of aromatic nitrogens is 5. The molecule has 69 heavy (non-hydrogen) atoms. The highest BCUT2D eigenvalue weighted by molar-refractivity contribution is 7.26. The molecule has 0 amide bonds. The van der Waals surface area contributed by atoms with Gasteiger partial charge in [-0.05, 0) is 71.3 Å². The third-order valence-corrected chi connectivity index (χ3v) is 14.8. The minimum atomic E-state index is 0.599. The van der Waals surface area contributed by atoms with E-state index in [-0.39, 0.29) is 0 Å². The lowest BCUT2D eigenvalue weighted by atomic mass is 9.95. The second-order valence-electron chi connectivity index (χ2n) is 17.5. The summed E-state index contributed by atoms with van der Waals surface area (Å²) in [5.74, 6) is 1.83. The fourth-order valence-electron chi connectivity index (χ4n) is 10.5. The molecule has 5 nitrogen and oxygen atoms in total. The zero-order chi connectivity index (χ0) is 45.4. The fourth-order valence-corrected chi connectivity index (χ4v) is 11.7. The third kappa shape index (κ3) is 6.34. The zero-order valence-corrected chi connectivity index (χ0v) is 38.0. The summed E-state index contributed by atoms with van der Waals surface area (Å²) in [7, 11) is 0. The van der Waals surface area contributed by atoms with Gasteiger partial charge in [0.1, 0.15) is 0 Å². The molecule has 14 aromatic rings. The number of rotatable bonds is 7. The van der Waals surface area contributed by atoms with E-state index < -0.39 is 0 Å². The van der Waals surface area contributed by atoms with E-state index in [1.807, 2.05) is 47.7 Å². The third-order valence-electron chi connectivity index (χ3n) is 13.6. The largest absolute Gasteiger partial charge is 0.309 e. The highest BCUT2D eigenvalue weighted by Gasteiger charge is 2.24. The molecule has 0 aliphatic rings. The molecule has 4 aromatic heterocycles. The highest BCUT2D eigenvalue weighted by Crippen LogP contribution is 2.47. The van der Waals surface area contributed by atoms with Crippen LogP contribution in [0.4, 0.5) is 0 Å². The molecule has 0 spiro atoms. The van der Waals surface area contributed by atoms with Gasteiger partial charge in [0.25, 0.3) is 0 Å². The Bertz CT molecular complexity index is 4190. The van der Waals surface area contributed by atoms with Crippen LogP contribution in [0.15, 0.2) is 237 Å². The molecule has 322 valence electrons. The molecule has 0 atom stereocenters. The zero-order valence-electron chi connectivity index (χ0n) is 37.2. The van der Waals surface area contributed by atoms with Gasteiger partial charge in [0, 0.05) is 75.3 Å². The second kappa shape index (κ2) is 15.8. The minimum Gasteiger partial charge on any atom is -0.309 e. The van der Waals surface area contributed by atoms with Crippen LogP contribution in [-0.2, 0) is 0 Å². The van der Waals surface area contributed by atoms with Gasteiger partial charge in [-0.15, -0.1) is 11.3 Å². The first-order valence-electron chi connectivity index (χ1n) is 23.3. The van der Waals surface area contributed by atoms with Crippen molar-refractivity contribution < 1.29 is 0 Å². The van der Waals surface area contributed by atoms with Crippen LogP contribution in [0, 0.1) is 0 Å². The number of para-hydroxylation sites is 3. The molecule has 10 aromatic carbocycles. The van der Waals surface area contributed by atoms with Crippen molar-refractivity contribution in [2.75, 3.05) is 0 Å². The van der Waals surface area contributed by atoms with Gasteiger partial charge in [0.05, 0.1) is 22.1 Å². The summed E-state index contributed by atoms with van der Waals surface area (Å²) >= 11 is 1.84. The van der Waals surface area contributed by atoms with Crippen molar-refractivity contribution >= 4 is 75.1 Å². The van der Waals surface area contributed by atoms with Crippen LogP contribution >= 0.6 is 11.3 Å². The van der Waals surface area contributed by atoms with E-state index in [2.05, 4.69) is 209 Å². The number of hydrogen-bond acceptors (Lipinski definition) is 4. The van der Waals surface area contributed by atoms with Crippen molar-refractivity contribution in [3.63, 3.8) is 0 Å². The maximum Gasteiger partial charge on any atom is 0.164 e. The topological polar surface area (TPSA) is 48.5 Å². The number of hydrogen-bond donors (Lipinski definition) is 0. The van der Waals surface area contributed by atoms with Crippen molar-refractivity contribution in [3.05, 3.63) is 237 Å². The van der Waals surface area contributed by atoms with Crippen LogP contribution in [-0.4, -0.2) is 24.1 Å². The van der Waals surface area contributed by atoms with Crippen molar-refractivity contribution in [1.29, 1.82) is 0 Å². The monoisotopic (exact) mass is 897 g/mol. The van der Waals surface area contributed by atoms with Crippen molar-refractivity contribution in [3.8, 4) is 67.8 Å². The van der Waals surface area contributed by atoms with Gasteiger partial charge in [-0.1, -0.05) is 182 Å². The van der Waals surface area contributed by atoms with Crippen LogP contribution in [0.5, 0.6) is 0 Å². The summed E-state index contributed by atoms with van der Waals surface area (Å²) in [6.45, 7) is 0. The lowest BCUT2D eigenvalue weighted by Crippen LogP contribution is -2.03. The summed E-state index contributed by atoms with van der Waals surface area (Å²) in [5, 5.41) is 7.31. The average Bonchev–Trinajstić information content (AvgIpc) is 4.09. The van der Waals surface area contributed by atoms with Gasteiger partial charge < -0.3 is 9.13 Å². The maximum atomic E-state index is 5.43. The predicted molar refractivity (Wildman–Crippen MR) is 289 cm³/mol. The standard InChI is InChI=1S/C63H39N5S/c1-4-19-40(20-5-1)45-29-18-33-57-59(45)50-28-12-16-32-56(50)67(57)43-35-36-46(53(37-43)63-65-61(41-21-6-2-7-22-41)64-62(66-63)42-23-8-3-9-24-42)51-38-44(39-52-49-27-13-17-34-58(49)69-60(51)52)68-54-30-14-10-25-47(54)48-26-11-15-31-55(48)68/h1-39H. The van der Waals surface area contributed by atoms with Gasteiger partial charge in [-0.3, -0.25) is 0 Å². The second-order valence-corrected chi connectivity index (χ2v) is 18.6. The Kier molecular flexibility index (Phi) is 9.00. The van der Waals surface area contributed by atoms with E-state index in [1.54, 1.807) is 0 Å². The number of benzene rings is 10. The van der Waals surface area contributed by atoms with Gasteiger partial charge in [-0.2, -0.15) is 0 Å². The van der Waals surface area contributed by atoms with E-state index in [4.69, 9.17) is 15.0 Å². The molecule has 4 heterocycles. The molecule has 0 unspecified atom stereocenters. The fraction of sp³-hybridized carbons (Fsp3) is 0. The van der Waals surface area contributed by atoms with E-state index in [0.29, 0.717) is 17.5 Å². The van der Waals surface area contributed by atoms with Gasteiger partial charge >= 0.3 is 0 Å². The van der Waals surface area contributed by atoms with Crippen molar-refractivity contribution in [2.45, 2.75) is 0 Å². The molecule has 0 N–H and O–H groups in total. The Balaban J connectivity index is 1.10. The van der Waals surface area contributed by atoms with Gasteiger partial charge in [0.2, 0.25) is 0 Å². The van der Waals surface area contributed by atoms with Crippen molar-refractivity contribution in [1.82, 2.24) is 24.1 Å². The predicted octanol–water partition coefficient (Wildman–Crippen LogP) is 16.8. The van der Waals surface area contributed by atoms with E-state index in [0.717, 1.165) is 61.3 Å². The van der Waals surface area contributed by atoms with Crippen LogP contribution in [0.2, 0.25) is 0 Å². The smallest absolute Gasteiger partial charge is 0.164 e. The van der Waals surface area contributed by atoms with Crippen LogP contribution in [0.3, 0.4) is 0 Å². The molecule has 0 aliphatic heterocycles. The Morgan fingerprint density at radius 2 is 0.783 bits per heavy atom. The van der Waals surface area contributed by atoms with E-state index in [9.17, 15) is 0 Å². The first-order valence-corrected chi connectivity index (χ1v) is 24.1. The first-order chi connectivity index (χ1) is 34.2. The molecule has 0 aliphatic carbocycles. The molecule has 0 bridgehead atoms. The average molecular weight is 898 g/mol. The quantitative estimate of drug-likeness (QED) is 0.160. The Labute approximate surface area is 401 Å². The van der Waals surface area contributed by atoms with Crippen LogP contribution in [0.1, 0.15) is 0 Å². The van der Waals surface area contributed by atoms with Crippen molar-refractivity contribution in [2.24, 2.45) is 0 Å². The van der Waals surface area contributed by atoms with E-state index >= 15 is 0 Å². The van der Waals surface area contributed by atoms with Gasteiger partial charge in [-0.25, -0.2) is 15.0 Å². The maximum absolute atomic E-state index is 5.43. The molecule has 6 heteroatoms. The van der Waals surface area contributed by atoms with Crippen LogP contribution < -0.4 is 0 Å². The summed E-state index contributed by atoms with van der Waals surface area (Å²) in [6.07, 6.45) is 0. The molecule has 0 saturated heterocycles. The summed E-state index contributed by atoms with van der Waals surface area (Å²) in [5.41, 5.74) is 14.0. The lowest BCUT2D eigenvalue weighted by Gasteiger charge is -2.17. The minimum absolute atomic E-state index is 0.599. The number of nitrogens with zero attached hydrogens (tertiary/aromatic N) is 5. The first kappa shape index (κ1) is 39.2. The summed E-state index contributed by atoms with van der Waals surface area (Å²) in [6, 6.07) is 84.6. The SMILES string of the molecule is c1ccc(-c2nc(-c3ccccc3)nc(-c3cc(-n4c5ccccc5c5c(-c6ccccc6)cccc54)ccc3-c3cc(-n4c5ccccc5c5ccccc54)cc4c3sc3ccccc34)n2)cc1. The molecule has 0 fully saturated rings.